The van der Waals surface area contributed by atoms with Gasteiger partial charge in [-0.25, -0.2) is 0 Å². The quantitative estimate of drug-likeness (QED) is 0.805. The molecule has 1 atom stereocenters. The van der Waals surface area contributed by atoms with E-state index in [0.29, 0.717) is 0 Å². The van der Waals surface area contributed by atoms with Gasteiger partial charge in [0.25, 0.3) is 0 Å². The summed E-state index contributed by atoms with van der Waals surface area (Å²) in [4.78, 5) is 8.87. The molecule has 3 aromatic rings. The topological polar surface area (TPSA) is 28.2 Å². The monoisotopic (exact) mass is 309 g/mol. The third-order valence-electron chi connectivity index (χ3n) is 4.23. The lowest BCUT2D eigenvalue weighted by molar-refractivity contribution is 0.198. The van der Waals surface area contributed by atoms with Crippen molar-refractivity contribution in [1.29, 1.82) is 0 Å². The Hall–Kier alpha value is -1.75. The van der Waals surface area contributed by atoms with E-state index >= 15 is 0 Å². The molecule has 3 nitrogen and oxygen atoms in total. The number of rotatable bonds is 3. The molecule has 1 aromatic carbocycles. The normalized spacial score (nSPS) is 17.6. The van der Waals surface area contributed by atoms with E-state index in [4.69, 9.17) is 4.98 Å². The van der Waals surface area contributed by atoms with Crippen LogP contribution < -0.4 is 5.32 Å². The molecule has 0 radical (unpaired) electrons. The van der Waals surface area contributed by atoms with Gasteiger partial charge in [-0.15, -0.1) is 11.3 Å². The molecule has 3 heterocycles. The standard InChI is InChI=1S/C18H19N3S/c1-2-5-15-14(4-1)7-8-16(20-15)18(17-6-3-13-22-17)21-11-9-19-10-12-21/h1-8,13,18-19H,9-12H2/t18-/m0/s1. The molecule has 4 rings (SSSR count). The fourth-order valence-electron chi connectivity index (χ4n) is 3.13. The zero-order valence-electron chi connectivity index (χ0n) is 12.4. The molecule has 2 aromatic heterocycles. The van der Waals surface area contributed by atoms with Gasteiger partial charge in [0.15, 0.2) is 0 Å². The summed E-state index contributed by atoms with van der Waals surface area (Å²) in [7, 11) is 0. The number of fused-ring (bicyclic) bond motifs is 1. The smallest absolute Gasteiger partial charge is 0.0871 e. The lowest BCUT2D eigenvalue weighted by Gasteiger charge is -2.34. The second-order valence-electron chi connectivity index (χ2n) is 5.63. The van der Waals surface area contributed by atoms with E-state index < -0.39 is 0 Å². The minimum atomic E-state index is 0.270. The summed E-state index contributed by atoms with van der Waals surface area (Å²) in [6.45, 7) is 4.24. The van der Waals surface area contributed by atoms with Crippen LogP contribution in [0.5, 0.6) is 0 Å². The Morgan fingerprint density at radius 1 is 1.00 bits per heavy atom. The molecule has 0 unspecified atom stereocenters. The average molecular weight is 309 g/mol. The molecule has 1 fully saturated rings. The molecule has 1 aliphatic rings. The van der Waals surface area contributed by atoms with Gasteiger partial charge in [0.2, 0.25) is 0 Å². The van der Waals surface area contributed by atoms with Crippen molar-refractivity contribution in [3.8, 4) is 0 Å². The first-order valence-corrected chi connectivity index (χ1v) is 8.64. The Balaban J connectivity index is 1.78. The van der Waals surface area contributed by atoms with E-state index in [2.05, 4.69) is 64.1 Å². The highest BCUT2D eigenvalue weighted by Gasteiger charge is 2.25. The van der Waals surface area contributed by atoms with Crippen LogP contribution in [0.4, 0.5) is 0 Å². The van der Waals surface area contributed by atoms with Crippen LogP contribution in [0.1, 0.15) is 16.6 Å². The van der Waals surface area contributed by atoms with Crippen molar-refractivity contribution in [2.45, 2.75) is 6.04 Å². The second kappa shape index (κ2) is 6.16. The van der Waals surface area contributed by atoms with Crippen molar-refractivity contribution < 1.29 is 0 Å². The number of para-hydroxylation sites is 1. The minimum absolute atomic E-state index is 0.270. The number of aromatic nitrogens is 1. The van der Waals surface area contributed by atoms with Gasteiger partial charge in [-0.05, 0) is 23.6 Å². The maximum absolute atomic E-state index is 4.95. The first kappa shape index (κ1) is 13.9. The van der Waals surface area contributed by atoms with Crippen molar-refractivity contribution >= 4 is 22.2 Å². The van der Waals surface area contributed by atoms with Gasteiger partial charge in [0.05, 0.1) is 17.3 Å². The molecule has 4 heteroatoms. The molecule has 1 saturated heterocycles. The predicted molar refractivity (Wildman–Crippen MR) is 92.3 cm³/mol. The highest BCUT2D eigenvalue weighted by Crippen LogP contribution is 2.31. The number of pyridine rings is 1. The predicted octanol–water partition coefficient (Wildman–Crippen LogP) is 3.29. The van der Waals surface area contributed by atoms with Gasteiger partial charge in [-0.3, -0.25) is 9.88 Å². The largest absolute Gasteiger partial charge is 0.314 e. The van der Waals surface area contributed by atoms with Crippen LogP contribution in [0.25, 0.3) is 10.9 Å². The lowest BCUT2D eigenvalue weighted by Crippen LogP contribution is -2.45. The Labute approximate surface area is 134 Å². The Bertz CT molecular complexity index is 748. The highest BCUT2D eigenvalue weighted by atomic mass is 32.1. The SMILES string of the molecule is c1csc([C@H](c2ccc3ccccc3n2)N2CCNCC2)c1. The number of hydrogen-bond donors (Lipinski definition) is 1. The van der Waals surface area contributed by atoms with Gasteiger partial charge in [-0.1, -0.05) is 30.3 Å². The molecule has 0 aliphatic carbocycles. The molecule has 0 saturated carbocycles. The van der Waals surface area contributed by atoms with Gasteiger partial charge in [0, 0.05) is 36.4 Å². The maximum Gasteiger partial charge on any atom is 0.0871 e. The zero-order chi connectivity index (χ0) is 14.8. The summed E-state index contributed by atoms with van der Waals surface area (Å²) in [6.07, 6.45) is 0. The van der Waals surface area contributed by atoms with Crippen LogP contribution >= 0.6 is 11.3 Å². The molecule has 1 N–H and O–H groups in total. The number of hydrogen-bond acceptors (Lipinski definition) is 4. The van der Waals surface area contributed by atoms with E-state index in [1.807, 2.05) is 11.3 Å². The molecule has 0 amide bonds. The molecule has 0 bridgehead atoms. The van der Waals surface area contributed by atoms with Crippen molar-refractivity contribution in [2.24, 2.45) is 0 Å². The summed E-state index contributed by atoms with van der Waals surface area (Å²) in [5.41, 5.74) is 2.24. The van der Waals surface area contributed by atoms with Crippen LogP contribution in [0, 0.1) is 0 Å². The fraction of sp³-hybridized carbons (Fsp3) is 0.278. The molecule has 0 spiro atoms. The highest BCUT2D eigenvalue weighted by molar-refractivity contribution is 7.10. The molecule has 1 aliphatic heterocycles. The van der Waals surface area contributed by atoms with Crippen LogP contribution in [-0.2, 0) is 0 Å². The van der Waals surface area contributed by atoms with Gasteiger partial charge < -0.3 is 5.32 Å². The summed E-state index contributed by atoms with van der Waals surface area (Å²) in [5, 5.41) is 6.80. The van der Waals surface area contributed by atoms with E-state index in [1.54, 1.807) is 0 Å². The van der Waals surface area contributed by atoms with Crippen molar-refractivity contribution in [3.63, 3.8) is 0 Å². The third-order valence-corrected chi connectivity index (χ3v) is 5.15. The first-order valence-electron chi connectivity index (χ1n) is 7.76. The van der Waals surface area contributed by atoms with E-state index in [-0.39, 0.29) is 6.04 Å². The second-order valence-corrected chi connectivity index (χ2v) is 6.61. The van der Waals surface area contributed by atoms with Crippen LogP contribution in [0.2, 0.25) is 0 Å². The van der Waals surface area contributed by atoms with E-state index in [0.717, 1.165) is 37.4 Å². The summed E-state index contributed by atoms with van der Waals surface area (Å²) in [5.74, 6) is 0. The van der Waals surface area contributed by atoms with Gasteiger partial charge in [-0.2, -0.15) is 0 Å². The molecule has 22 heavy (non-hydrogen) atoms. The van der Waals surface area contributed by atoms with Gasteiger partial charge in [0.1, 0.15) is 0 Å². The van der Waals surface area contributed by atoms with E-state index in [1.165, 1.54) is 10.3 Å². The summed E-state index contributed by atoms with van der Waals surface area (Å²) >= 11 is 1.82. The van der Waals surface area contributed by atoms with Crippen molar-refractivity contribution in [2.75, 3.05) is 26.2 Å². The Kier molecular flexibility index (Phi) is 3.89. The average Bonchev–Trinajstić information content (AvgIpc) is 3.10. The Morgan fingerprint density at radius 3 is 2.68 bits per heavy atom. The Morgan fingerprint density at radius 2 is 1.86 bits per heavy atom. The van der Waals surface area contributed by atoms with Crippen molar-refractivity contribution in [3.05, 3.63) is 64.5 Å². The zero-order valence-corrected chi connectivity index (χ0v) is 13.2. The van der Waals surface area contributed by atoms with Crippen LogP contribution in [0.3, 0.4) is 0 Å². The van der Waals surface area contributed by atoms with Crippen LogP contribution in [0.15, 0.2) is 53.9 Å². The van der Waals surface area contributed by atoms with Gasteiger partial charge >= 0.3 is 0 Å². The number of nitrogens with one attached hydrogen (secondary N) is 1. The summed E-state index contributed by atoms with van der Waals surface area (Å²) < 4.78 is 0. The first-order chi connectivity index (χ1) is 10.9. The molecular weight excluding hydrogens is 290 g/mol. The molecule has 112 valence electrons. The number of nitrogens with zero attached hydrogens (tertiary/aromatic N) is 2. The lowest BCUT2D eigenvalue weighted by atomic mass is 10.1. The van der Waals surface area contributed by atoms with Crippen LogP contribution in [-0.4, -0.2) is 36.1 Å². The number of benzene rings is 1. The number of piperazine rings is 1. The minimum Gasteiger partial charge on any atom is -0.314 e. The third kappa shape index (κ3) is 2.65. The molecular formula is C18H19N3S. The maximum atomic E-state index is 4.95. The number of thiophene rings is 1. The summed E-state index contributed by atoms with van der Waals surface area (Å²) in [6, 6.07) is 17.4. The van der Waals surface area contributed by atoms with Crippen molar-refractivity contribution in [1.82, 2.24) is 15.2 Å². The van der Waals surface area contributed by atoms with E-state index in [9.17, 15) is 0 Å². The fourth-order valence-corrected chi connectivity index (χ4v) is 4.00.